The summed E-state index contributed by atoms with van der Waals surface area (Å²) in [5.41, 5.74) is 1.15. The van der Waals surface area contributed by atoms with Gasteiger partial charge in [0.1, 0.15) is 0 Å². The van der Waals surface area contributed by atoms with E-state index in [1.165, 1.54) is 0 Å². The second kappa shape index (κ2) is 8.77. The first kappa shape index (κ1) is 15.8. The van der Waals surface area contributed by atoms with Crippen LogP contribution in [0.1, 0.15) is 12.5 Å². The summed E-state index contributed by atoms with van der Waals surface area (Å²) in [6, 6.07) is 6.03. The number of aliphatic hydroxyl groups is 1. The van der Waals surface area contributed by atoms with Crippen molar-refractivity contribution >= 4 is 23.4 Å². The zero-order chi connectivity index (χ0) is 13.4. The Bertz CT molecular complexity index is 363. The maximum Gasteiger partial charge on any atom is 0.0587 e. The predicted molar refractivity (Wildman–Crippen MR) is 77.4 cm³/mol. The smallest absolute Gasteiger partial charge is 0.0587 e. The minimum Gasteiger partial charge on any atom is -0.395 e. The summed E-state index contributed by atoms with van der Waals surface area (Å²) in [5.74, 6) is 0. The maximum absolute atomic E-state index is 9.02. The van der Waals surface area contributed by atoms with Gasteiger partial charge in [0.2, 0.25) is 0 Å². The highest BCUT2D eigenvalue weighted by atomic mass is 35.5. The fourth-order valence-corrected chi connectivity index (χ4v) is 2.57. The van der Waals surface area contributed by atoms with Crippen LogP contribution >= 0.6 is 23.4 Å². The van der Waals surface area contributed by atoms with Crippen molar-refractivity contribution in [1.29, 1.82) is 0 Å². The molecule has 0 aromatic heterocycles. The topological polar surface area (TPSA) is 41.5 Å². The summed E-state index contributed by atoms with van der Waals surface area (Å²) in [6.45, 7) is 4.44. The number of methoxy groups -OCH3 is 1. The van der Waals surface area contributed by atoms with Gasteiger partial charge < -0.3 is 15.2 Å². The van der Waals surface area contributed by atoms with Crippen molar-refractivity contribution in [3.8, 4) is 0 Å². The van der Waals surface area contributed by atoms with Crippen molar-refractivity contribution in [3.05, 3.63) is 28.8 Å². The summed E-state index contributed by atoms with van der Waals surface area (Å²) in [5, 5.41) is 13.2. The van der Waals surface area contributed by atoms with Gasteiger partial charge in [-0.2, -0.15) is 0 Å². The van der Waals surface area contributed by atoms with Gasteiger partial charge in [0, 0.05) is 30.3 Å². The molecule has 0 radical (unpaired) electrons. The van der Waals surface area contributed by atoms with E-state index in [0.29, 0.717) is 6.61 Å². The number of aliphatic hydroxyl groups excluding tert-OH is 1. The molecule has 0 fully saturated rings. The van der Waals surface area contributed by atoms with Gasteiger partial charge in [-0.05, 0) is 17.7 Å². The summed E-state index contributed by atoms with van der Waals surface area (Å²) in [6.07, 6.45) is 0. The number of halogens is 1. The molecule has 0 heterocycles. The Labute approximate surface area is 118 Å². The molecule has 1 atom stereocenters. The van der Waals surface area contributed by atoms with Crippen molar-refractivity contribution in [3.63, 3.8) is 0 Å². The Hall–Kier alpha value is -0.260. The molecule has 0 aliphatic carbocycles. The quantitative estimate of drug-likeness (QED) is 0.570. The number of hydrogen-bond donors (Lipinski definition) is 2. The third-order valence-electron chi connectivity index (χ3n) is 2.39. The number of benzene rings is 1. The molecule has 0 aliphatic rings. The zero-order valence-electron chi connectivity index (χ0n) is 10.8. The normalized spacial score (nSPS) is 12.7. The van der Waals surface area contributed by atoms with E-state index in [0.717, 1.165) is 28.6 Å². The summed E-state index contributed by atoms with van der Waals surface area (Å²) < 4.78 is 4.96. The van der Waals surface area contributed by atoms with E-state index in [1.54, 1.807) is 18.9 Å². The van der Waals surface area contributed by atoms with Crippen LogP contribution in [-0.4, -0.2) is 37.2 Å². The number of nitrogens with one attached hydrogen (secondary N) is 1. The largest absolute Gasteiger partial charge is 0.395 e. The number of hydrogen-bond acceptors (Lipinski definition) is 4. The van der Waals surface area contributed by atoms with Crippen molar-refractivity contribution < 1.29 is 9.84 Å². The summed E-state index contributed by atoms with van der Waals surface area (Å²) in [4.78, 5) is 1.01. The first-order valence-electron chi connectivity index (χ1n) is 5.93. The Kier molecular flexibility index (Phi) is 7.70. The van der Waals surface area contributed by atoms with Crippen LogP contribution in [0.3, 0.4) is 0 Å². The molecule has 3 nitrogen and oxygen atoms in total. The number of ether oxygens (including phenoxy) is 1. The highest BCUT2D eigenvalue weighted by Gasteiger charge is 2.07. The molecule has 1 aromatic carbocycles. The van der Waals surface area contributed by atoms with E-state index in [2.05, 4.69) is 11.4 Å². The van der Waals surface area contributed by atoms with Gasteiger partial charge in [0.25, 0.3) is 0 Å². The molecule has 102 valence electrons. The third-order valence-corrected chi connectivity index (χ3v) is 3.98. The van der Waals surface area contributed by atoms with Crippen LogP contribution in [0.25, 0.3) is 0 Å². The lowest BCUT2D eigenvalue weighted by Crippen LogP contribution is -2.18. The summed E-state index contributed by atoms with van der Waals surface area (Å²) in [7, 11) is 1.69. The van der Waals surface area contributed by atoms with E-state index in [4.69, 9.17) is 21.4 Å². The molecule has 0 amide bonds. The first-order valence-corrected chi connectivity index (χ1v) is 7.18. The van der Waals surface area contributed by atoms with Crippen LogP contribution in [-0.2, 0) is 11.3 Å². The molecule has 0 bridgehead atoms. The second-order valence-corrected chi connectivity index (χ2v) is 5.93. The molecule has 0 spiro atoms. The SMILES string of the molecule is COCCNCc1ccc(SC(C)CO)c(Cl)c1. The average molecular weight is 290 g/mol. The van der Waals surface area contributed by atoms with Crippen LogP contribution in [0.2, 0.25) is 5.02 Å². The molecule has 1 aromatic rings. The third kappa shape index (κ3) is 5.59. The lowest BCUT2D eigenvalue weighted by molar-refractivity contribution is 0.199. The van der Waals surface area contributed by atoms with Crippen LogP contribution in [0.4, 0.5) is 0 Å². The Morgan fingerprint density at radius 3 is 2.89 bits per heavy atom. The van der Waals surface area contributed by atoms with E-state index in [9.17, 15) is 0 Å². The lowest BCUT2D eigenvalue weighted by Gasteiger charge is -2.11. The molecule has 0 aliphatic heterocycles. The van der Waals surface area contributed by atoms with Crippen LogP contribution in [0.5, 0.6) is 0 Å². The second-order valence-electron chi connectivity index (χ2n) is 4.05. The van der Waals surface area contributed by atoms with Gasteiger partial charge in [0.15, 0.2) is 0 Å². The highest BCUT2D eigenvalue weighted by Crippen LogP contribution is 2.30. The predicted octanol–water partition coefficient (Wildman–Crippen LogP) is 2.55. The Balaban J connectivity index is 2.51. The van der Waals surface area contributed by atoms with E-state index in [-0.39, 0.29) is 11.9 Å². The van der Waals surface area contributed by atoms with E-state index in [1.807, 2.05) is 19.1 Å². The molecular weight excluding hydrogens is 270 g/mol. The molecular formula is C13H20ClNO2S. The van der Waals surface area contributed by atoms with E-state index >= 15 is 0 Å². The van der Waals surface area contributed by atoms with Gasteiger partial charge in [0.05, 0.1) is 18.2 Å². The van der Waals surface area contributed by atoms with Crippen LogP contribution in [0, 0.1) is 0 Å². The lowest BCUT2D eigenvalue weighted by atomic mass is 10.2. The van der Waals surface area contributed by atoms with Crippen molar-refractivity contribution in [2.45, 2.75) is 23.6 Å². The van der Waals surface area contributed by atoms with Gasteiger partial charge >= 0.3 is 0 Å². The number of rotatable bonds is 8. The molecule has 2 N–H and O–H groups in total. The fourth-order valence-electron chi connectivity index (χ4n) is 1.41. The molecule has 0 saturated heterocycles. The molecule has 5 heteroatoms. The van der Waals surface area contributed by atoms with Crippen molar-refractivity contribution in [2.75, 3.05) is 26.9 Å². The number of thioether (sulfide) groups is 1. The Morgan fingerprint density at radius 1 is 1.50 bits per heavy atom. The zero-order valence-corrected chi connectivity index (χ0v) is 12.4. The maximum atomic E-state index is 9.02. The molecule has 0 saturated carbocycles. The fraction of sp³-hybridized carbons (Fsp3) is 0.538. The molecule has 1 rings (SSSR count). The standard InChI is InChI=1S/C13H20ClNO2S/c1-10(9-16)18-13-4-3-11(7-12(13)14)8-15-5-6-17-2/h3-4,7,10,15-16H,5-6,8-9H2,1-2H3. The molecule has 1 unspecified atom stereocenters. The van der Waals surface area contributed by atoms with Gasteiger partial charge in [-0.1, -0.05) is 24.6 Å². The highest BCUT2D eigenvalue weighted by molar-refractivity contribution is 8.00. The van der Waals surface area contributed by atoms with Crippen molar-refractivity contribution in [1.82, 2.24) is 5.32 Å². The van der Waals surface area contributed by atoms with Gasteiger partial charge in [-0.15, -0.1) is 11.8 Å². The minimum atomic E-state index is 0.154. The van der Waals surface area contributed by atoms with E-state index < -0.39 is 0 Å². The van der Waals surface area contributed by atoms with Gasteiger partial charge in [-0.25, -0.2) is 0 Å². The average Bonchev–Trinajstić information content (AvgIpc) is 2.37. The van der Waals surface area contributed by atoms with Crippen LogP contribution < -0.4 is 5.32 Å². The van der Waals surface area contributed by atoms with Gasteiger partial charge in [-0.3, -0.25) is 0 Å². The Morgan fingerprint density at radius 2 is 2.28 bits per heavy atom. The minimum absolute atomic E-state index is 0.154. The molecule has 18 heavy (non-hydrogen) atoms. The first-order chi connectivity index (χ1) is 8.67. The van der Waals surface area contributed by atoms with Crippen molar-refractivity contribution in [2.24, 2.45) is 0 Å². The summed E-state index contributed by atoms with van der Waals surface area (Å²) >= 11 is 7.80. The van der Waals surface area contributed by atoms with Crippen LogP contribution in [0.15, 0.2) is 23.1 Å². The monoisotopic (exact) mass is 289 g/mol.